The second-order valence-corrected chi connectivity index (χ2v) is 8.13. The Morgan fingerprint density at radius 1 is 1.00 bits per heavy atom. The van der Waals surface area contributed by atoms with Crippen LogP contribution in [0.1, 0.15) is 11.4 Å². The van der Waals surface area contributed by atoms with Gasteiger partial charge in [0.1, 0.15) is 5.82 Å². The van der Waals surface area contributed by atoms with Gasteiger partial charge in [-0.15, -0.1) is 0 Å². The van der Waals surface area contributed by atoms with E-state index >= 15 is 0 Å². The van der Waals surface area contributed by atoms with Gasteiger partial charge in [-0.25, -0.2) is 4.98 Å². The van der Waals surface area contributed by atoms with Crippen LogP contribution < -0.4 is 16.1 Å². The SMILES string of the molecule is C=c1[nH]c2ccc(Br)cc2/c1=C\c1nc2ccccc2c(=O)n1Cc1ccccc1. The highest BCUT2D eigenvalue weighted by molar-refractivity contribution is 9.10. The topological polar surface area (TPSA) is 50.7 Å². The lowest BCUT2D eigenvalue weighted by Gasteiger charge is -2.11. The Morgan fingerprint density at radius 3 is 2.60 bits per heavy atom. The molecule has 30 heavy (non-hydrogen) atoms. The van der Waals surface area contributed by atoms with Crippen molar-refractivity contribution in [2.24, 2.45) is 0 Å². The number of rotatable bonds is 3. The molecule has 0 atom stereocenters. The number of fused-ring (bicyclic) bond motifs is 2. The normalized spacial score (nSPS) is 12.1. The third-order valence-corrected chi connectivity index (χ3v) is 5.72. The van der Waals surface area contributed by atoms with Crippen LogP contribution in [0, 0.1) is 0 Å². The van der Waals surface area contributed by atoms with E-state index in [4.69, 9.17) is 4.98 Å². The number of nitrogens with zero attached hydrogens (tertiary/aromatic N) is 2. The maximum absolute atomic E-state index is 13.4. The van der Waals surface area contributed by atoms with E-state index in [1.165, 1.54) is 0 Å². The molecule has 146 valence electrons. The molecule has 5 heteroatoms. The number of para-hydroxylation sites is 1. The molecule has 0 amide bonds. The predicted molar refractivity (Wildman–Crippen MR) is 126 cm³/mol. The fourth-order valence-corrected chi connectivity index (χ4v) is 4.11. The molecule has 0 aliphatic heterocycles. The first kappa shape index (κ1) is 18.6. The Balaban J connectivity index is 1.83. The maximum atomic E-state index is 13.4. The second kappa shape index (κ2) is 7.43. The maximum Gasteiger partial charge on any atom is 0.261 e. The predicted octanol–water partition coefficient (Wildman–Crippen LogP) is 3.93. The van der Waals surface area contributed by atoms with E-state index in [9.17, 15) is 4.79 Å². The highest BCUT2D eigenvalue weighted by atomic mass is 79.9. The number of hydrogen-bond acceptors (Lipinski definition) is 2. The van der Waals surface area contributed by atoms with E-state index in [1.54, 1.807) is 4.57 Å². The minimum absolute atomic E-state index is 0.0534. The second-order valence-electron chi connectivity index (χ2n) is 7.22. The van der Waals surface area contributed by atoms with Crippen molar-refractivity contribution < 1.29 is 0 Å². The van der Waals surface area contributed by atoms with Crippen LogP contribution in [-0.4, -0.2) is 14.5 Å². The van der Waals surface area contributed by atoms with Crippen molar-refractivity contribution in [1.29, 1.82) is 0 Å². The first-order valence-electron chi connectivity index (χ1n) is 9.61. The summed E-state index contributed by atoms with van der Waals surface area (Å²) >= 11 is 3.55. The molecule has 0 radical (unpaired) electrons. The molecule has 2 heterocycles. The van der Waals surface area contributed by atoms with E-state index in [1.807, 2.05) is 78.9 Å². The molecule has 3 aromatic carbocycles. The van der Waals surface area contributed by atoms with E-state index in [-0.39, 0.29) is 5.56 Å². The molecule has 0 fully saturated rings. The Labute approximate surface area is 181 Å². The molecule has 0 aliphatic rings. The zero-order valence-electron chi connectivity index (χ0n) is 16.1. The van der Waals surface area contributed by atoms with E-state index in [0.29, 0.717) is 23.3 Å². The lowest BCUT2D eigenvalue weighted by molar-refractivity contribution is 0.737. The number of aromatic nitrogens is 3. The Bertz CT molecular complexity index is 1570. The van der Waals surface area contributed by atoms with Crippen LogP contribution in [-0.2, 0) is 6.54 Å². The average Bonchev–Trinajstić information content (AvgIpc) is 3.06. The average molecular weight is 456 g/mol. The van der Waals surface area contributed by atoms with Crippen molar-refractivity contribution in [2.75, 3.05) is 0 Å². The summed E-state index contributed by atoms with van der Waals surface area (Å²) in [5, 5.41) is 3.36. The molecule has 0 spiro atoms. The highest BCUT2D eigenvalue weighted by Crippen LogP contribution is 2.15. The lowest BCUT2D eigenvalue weighted by atomic mass is 10.2. The van der Waals surface area contributed by atoms with Crippen LogP contribution in [0.15, 0.2) is 82.1 Å². The molecule has 4 nitrogen and oxygen atoms in total. The monoisotopic (exact) mass is 455 g/mol. The molecule has 5 rings (SSSR count). The molecule has 0 saturated carbocycles. The van der Waals surface area contributed by atoms with Crippen molar-refractivity contribution in [3.05, 3.63) is 110 Å². The van der Waals surface area contributed by atoms with Gasteiger partial charge in [0.05, 0.1) is 17.4 Å². The van der Waals surface area contributed by atoms with E-state index in [2.05, 4.69) is 27.5 Å². The minimum atomic E-state index is -0.0534. The summed E-state index contributed by atoms with van der Waals surface area (Å²) in [6, 6.07) is 23.5. The molecule has 0 aliphatic carbocycles. The van der Waals surface area contributed by atoms with Crippen molar-refractivity contribution >= 4 is 50.4 Å². The van der Waals surface area contributed by atoms with Gasteiger partial charge in [0, 0.05) is 25.9 Å². The third kappa shape index (κ3) is 3.27. The number of halogens is 1. The molecule has 1 N–H and O–H groups in total. The summed E-state index contributed by atoms with van der Waals surface area (Å²) in [5.74, 6) is 0.605. The zero-order chi connectivity index (χ0) is 20.7. The number of H-pyrrole nitrogens is 1. The molecular formula is C25H18BrN3O. The van der Waals surface area contributed by atoms with Crippen LogP contribution in [0.3, 0.4) is 0 Å². The van der Waals surface area contributed by atoms with Gasteiger partial charge in [-0.3, -0.25) is 9.36 Å². The highest BCUT2D eigenvalue weighted by Gasteiger charge is 2.11. The van der Waals surface area contributed by atoms with Gasteiger partial charge in [0.2, 0.25) is 0 Å². The van der Waals surface area contributed by atoms with Crippen LogP contribution >= 0.6 is 15.9 Å². The quantitative estimate of drug-likeness (QED) is 0.448. The fourth-order valence-electron chi connectivity index (χ4n) is 3.75. The molecule has 2 aromatic heterocycles. The fraction of sp³-hybridized carbons (Fsp3) is 0.0400. The molecular weight excluding hydrogens is 438 g/mol. The summed E-state index contributed by atoms with van der Waals surface area (Å²) in [7, 11) is 0. The zero-order valence-corrected chi connectivity index (χ0v) is 17.7. The van der Waals surface area contributed by atoms with E-state index < -0.39 is 0 Å². The van der Waals surface area contributed by atoms with Gasteiger partial charge in [0.15, 0.2) is 0 Å². The van der Waals surface area contributed by atoms with Gasteiger partial charge in [-0.2, -0.15) is 0 Å². The van der Waals surface area contributed by atoms with Gasteiger partial charge >= 0.3 is 0 Å². The number of aromatic amines is 1. The molecule has 0 saturated heterocycles. The summed E-state index contributed by atoms with van der Waals surface area (Å²) in [5.41, 5.74) is 2.67. The van der Waals surface area contributed by atoms with Gasteiger partial charge < -0.3 is 4.98 Å². The summed E-state index contributed by atoms with van der Waals surface area (Å²) in [6.45, 7) is 4.61. The van der Waals surface area contributed by atoms with E-state index in [0.717, 1.165) is 31.5 Å². The lowest BCUT2D eigenvalue weighted by Crippen LogP contribution is -2.27. The molecule has 0 unspecified atom stereocenters. The van der Waals surface area contributed by atoms with Crippen LogP contribution in [0.25, 0.3) is 34.5 Å². The van der Waals surface area contributed by atoms with Gasteiger partial charge in [-0.1, -0.05) is 65.0 Å². The van der Waals surface area contributed by atoms with Crippen LogP contribution in [0.4, 0.5) is 0 Å². The molecule has 5 aromatic rings. The number of hydrogen-bond donors (Lipinski definition) is 1. The number of benzene rings is 3. The Kier molecular flexibility index (Phi) is 4.60. The summed E-state index contributed by atoms with van der Waals surface area (Å²) < 4.78 is 2.71. The Morgan fingerprint density at radius 2 is 1.77 bits per heavy atom. The largest absolute Gasteiger partial charge is 0.355 e. The van der Waals surface area contributed by atoms with Gasteiger partial charge in [0.25, 0.3) is 5.56 Å². The van der Waals surface area contributed by atoms with Crippen molar-refractivity contribution in [3.8, 4) is 0 Å². The first-order chi connectivity index (χ1) is 14.6. The molecule has 0 bridgehead atoms. The first-order valence-corrected chi connectivity index (χ1v) is 10.4. The van der Waals surface area contributed by atoms with Crippen molar-refractivity contribution in [2.45, 2.75) is 6.54 Å². The summed E-state index contributed by atoms with van der Waals surface area (Å²) in [4.78, 5) is 21.5. The van der Waals surface area contributed by atoms with Crippen LogP contribution in [0.2, 0.25) is 0 Å². The van der Waals surface area contributed by atoms with Crippen molar-refractivity contribution in [3.63, 3.8) is 0 Å². The number of nitrogens with one attached hydrogen (secondary N) is 1. The van der Waals surface area contributed by atoms with Gasteiger partial charge in [-0.05, 0) is 42.0 Å². The smallest absolute Gasteiger partial charge is 0.261 e. The van der Waals surface area contributed by atoms with Crippen molar-refractivity contribution in [1.82, 2.24) is 14.5 Å². The standard InChI is InChI=1S/C25H18BrN3O/c1-16-20(21-13-18(26)11-12-23(21)27-16)14-24-28-22-10-6-5-9-19(22)25(30)29(24)15-17-7-3-2-4-8-17/h2-14,27H,1,15H2/b20-14-. The minimum Gasteiger partial charge on any atom is -0.355 e. The third-order valence-electron chi connectivity index (χ3n) is 5.23. The summed E-state index contributed by atoms with van der Waals surface area (Å²) in [6.07, 6.45) is 1.95. The Hall–Kier alpha value is -3.44. The van der Waals surface area contributed by atoms with Crippen LogP contribution in [0.5, 0.6) is 0 Å².